The summed E-state index contributed by atoms with van der Waals surface area (Å²) in [6.07, 6.45) is 2.50. The molecule has 132 valence electrons. The minimum absolute atomic E-state index is 0.0855. The van der Waals surface area contributed by atoms with Crippen LogP contribution in [0.1, 0.15) is 24.5 Å². The van der Waals surface area contributed by atoms with Crippen molar-refractivity contribution in [3.05, 3.63) is 59.7 Å². The molecule has 0 unspecified atom stereocenters. The smallest absolute Gasteiger partial charge is 0.273 e. The van der Waals surface area contributed by atoms with Gasteiger partial charge in [0.05, 0.1) is 0 Å². The fourth-order valence-electron chi connectivity index (χ4n) is 2.40. The van der Waals surface area contributed by atoms with E-state index in [0.29, 0.717) is 24.6 Å². The number of nitrogens with zero attached hydrogens (tertiary/aromatic N) is 3. The Morgan fingerprint density at radius 2 is 1.75 bits per heavy atom. The molecule has 0 saturated heterocycles. The number of benzene rings is 1. The lowest BCUT2D eigenvalue weighted by molar-refractivity contribution is -0.127. The maximum Gasteiger partial charge on any atom is 0.273 e. The number of carbonyl (C=O) groups is 1. The highest BCUT2D eigenvalue weighted by Crippen LogP contribution is 2.16. The number of likely N-dealkylation sites (N-methyl/N-ethyl adjacent to an activating group) is 2. The fourth-order valence-corrected chi connectivity index (χ4v) is 2.40. The topological polar surface area (TPSA) is 52.8 Å². The summed E-state index contributed by atoms with van der Waals surface area (Å²) in [6, 6.07) is 8.27. The number of aryl methyl sites for hydroxylation is 1. The highest BCUT2D eigenvalue weighted by Gasteiger charge is 2.23. The minimum Gasteiger partial charge on any atom is -0.383 e. The van der Waals surface area contributed by atoms with Gasteiger partial charge in [0.25, 0.3) is 5.91 Å². The van der Waals surface area contributed by atoms with Crippen molar-refractivity contribution < 1.29 is 4.79 Å². The Morgan fingerprint density at radius 1 is 1.17 bits per heavy atom. The van der Waals surface area contributed by atoms with E-state index in [1.54, 1.807) is 30.1 Å². The second kappa shape index (κ2) is 9.01. The van der Waals surface area contributed by atoms with E-state index < -0.39 is 0 Å². The van der Waals surface area contributed by atoms with Crippen molar-refractivity contribution in [3.63, 3.8) is 0 Å². The second-order valence-corrected chi connectivity index (χ2v) is 6.10. The van der Waals surface area contributed by atoms with Crippen molar-refractivity contribution in [1.29, 1.82) is 0 Å². The number of amides is 1. The zero-order chi connectivity index (χ0) is 18.3. The first-order valence-electron chi connectivity index (χ1n) is 8.19. The van der Waals surface area contributed by atoms with E-state index in [4.69, 9.17) is 5.73 Å². The number of carbonyl (C=O) groups excluding carboxylic acids is 1. The normalized spacial score (nSPS) is 11.5. The Kier molecular flexibility index (Phi) is 7.36. The molecule has 2 N–H and O–H groups in total. The van der Waals surface area contributed by atoms with Crippen LogP contribution < -0.4 is 5.73 Å². The van der Waals surface area contributed by atoms with E-state index in [1.165, 1.54) is 5.56 Å². The Hall–Kier alpha value is -2.43. The van der Waals surface area contributed by atoms with Crippen LogP contribution in [0.4, 0.5) is 0 Å². The first kappa shape index (κ1) is 19.6. The third kappa shape index (κ3) is 5.05. The van der Waals surface area contributed by atoms with Gasteiger partial charge in [0.15, 0.2) is 0 Å². The number of hydrogen-bond acceptors (Lipinski definition) is 4. The average molecular weight is 330 g/mol. The molecule has 0 atom stereocenters. The molecule has 1 aromatic rings. The van der Waals surface area contributed by atoms with Gasteiger partial charge in [-0.15, -0.1) is 0 Å². The van der Waals surface area contributed by atoms with Crippen LogP contribution in [-0.4, -0.2) is 48.3 Å². The standard InChI is InChI=1S/C19H30N4O/c1-7-13-22(5)19(24)17(18(20)21(4)8-2)23(6)14-16-11-9-15(3)10-12-16/h8-12H,2,7,13-14,20H2,1,3-6H3/b18-17+. The molecule has 0 fully saturated rings. The van der Waals surface area contributed by atoms with Crippen LogP contribution in [0.25, 0.3) is 0 Å². The quantitative estimate of drug-likeness (QED) is 0.744. The molecule has 0 bridgehead atoms. The van der Waals surface area contributed by atoms with Crippen molar-refractivity contribution in [2.45, 2.75) is 26.8 Å². The molecule has 0 saturated carbocycles. The maximum atomic E-state index is 12.9. The van der Waals surface area contributed by atoms with Gasteiger partial charge in [0.2, 0.25) is 0 Å². The number of nitrogens with two attached hydrogens (primary N) is 1. The van der Waals surface area contributed by atoms with Gasteiger partial charge in [-0.05, 0) is 25.1 Å². The van der Waals surface area contributed by atoms with Crippen molar-refractivity contribution in [1.82, 2.24) is 14.7 Å². The zero-order valence-corrected chi connectivity index (χ0v) is 15.5. The van der Waals surface area contributed by atoms with Crippen LogP contribution in [0.15, 0.2) is 48.6 Å². The molecule has 24 heavy (non-hydrogen) atoms. The molecule has 1 amide bonds. The summed E-state index contributed by atoms with van der Waals surface area (Å²) in [5.41, 5.74) is 9.05. The van der Waals surface area contributed by atoms with E-state index in [-0.39, 0.29) is 5.91 Å². The molecular formula is C19H30N4O. The van der Waals surface area contributed by atoms with Gasteiger partial charge in [-0.1, -0.05) is 43.3 Å². The van der Waals surface area contributed by atoms with Crippen molar-refractivity contribution in [2.24, 2.45) is 5.73 Å². The van der Waals surface area contributed by atoms with Crippen LogP contribution in [0.3, 0.4) is 0 Å². The Bertz CT molecular complexity index is 592. The average Bonchev–Trinajstić information content (AvgIpc) is 2.56. The molecule has 0 radical (unpaired) electrons. The summed E-state index contributed by atoms with van der Waals surface area (Å²) >= 11 is 0. The van der Waals surface area contributed by atoms with Gasteiger partial charge in [0.1, 0.15) is 11.5 Å². The van der Waals surface area contributed by atoms with Gasteiger partial charge in [-0.25, -0.2) is 0 Å². The summed E-state index contributed by atoms with van der Waals surface area (Å²) in [5.74, 6) is 0.310. The summed E-state index contributed by atoms with van der Waals surface area (Å²) in [5, 5.41) is 0. The fraction of sp³-hybridized carbons (Fsp3) is 0.421. The Morgan fingerprint density at radius 3 is 2.25 bits per heavy atom. The first-order valence-corrected chi connectivity index (χ1v) is 8.19. The molecule has 0 aliphatic heterocycles. The number of hydrogen-bond donors (Lipinski definition) is 1. The van der Waals surface area contributed by atoms with Crippen molar-refractivity contribution in [2.75, 3.05) is 27.7 Å². The molecule has 1 aromatic carbocycles. The van der Waals surface area contributed by atoms with Crippen LogP contribution in [-0.2, 0) is 11.3 Å². The predicted octanol–water partition coefficient (Wildman–Crippen LogP) is 2.50. The summed E-state index contributed by atoms with van der Waals surface area (Å²) < 4.78 is 0. The van der Waals surface area contributed by atoms with Gasteiger partial charge >= 0.3 is 0 Å². The van der Waals surface area contributed by atoms with Gasteiger partial charge in [0, 0.05) is 34.2 Å². The molecule has 5 nitrogen and oxygen atoms in total. The van der Waals surface area contributed by atoms with Crippen molar-refractivity contribution in [3.8, 4) is 0 Å². The second-order valence-electron chi connectivity index (χ2n) is 6.10. The minimum atomic E-state index is -0.0855. The van der Waals surface area contributed by atoms with E-state index in [9.17, 15) is 4.79 Å². The first-order chi connectivity index (χ1) is 11.3. The van der Waals surface area contributed by atoms with Crippen LogP contribution in [0, 0.1) is 6.92 Å². The van der Waals surface area contributed by atoms with E-state index in [0.717, 1.165) is 12.0 Å². The van der Waals surface area contributed by atoms with Crippen LogP contribution in [0.2, 0.25) is 0 Å². The monoisotopic (exact) mass is 330 g/mol. The van der Waals surface area contributed by atoms with Crippen LogP contribution >= 0.6 is 0 Å². The van der Waals surface area contributed by atoms with E-state index >= 15 is 0 Å². The van der Waals surface area contributed by atoms with Gasteiger partial charge < -0.3 is 20.4 Å². The molecule has 0 heterocycles. The van der Waals surface area contributed by atoms with Crippen LogP contribution in [0.5, 0.6) is 0 Å². The molecule has 0 aliphatic rings. The molecular weight excluding hydrogens is 300 g/mol. The predicted molar refractivity (Wildman–Crippen MR) is 99.7 cm³/mol. The molecule has 0 spiro atoms. The third-order valence-electron chi connectivity index (χ3n) is 3.93. The lowest BCUT2D eigenvalue weighted by Gasteiger charge is -2.29. The summed E-state index contributed by atoms with van der Waals surface area (Å²) in [7, 11) is 5.47. The van der Waals surface area contributed by atoms with E-state index in [2.05, 4.69) is 37.8 Å². The lowest BCUT2D eigenvalue weighted by Crippen LogP contribution is -2.39. The highest BCUT2D eigenvalue weighted by molar-refractivity contribution is 5.93. The van der Waals surface area contributed by atoms with Gasteiger partial charge in [-0.3, -0.25) is 4.79 Å². The SMILES string of the molecule is C=CN(C)/C(N)=C(\C(=O)N(C)CCC)N(C)Cc1ccc(C)cc1. The molecule has 0 aromatic heterocycles. The number of rotatable bonds is 8. The Balaban J connectivity index is 3.14. The molecule has 5 heteroatoms. The third-order valence-corrected chi connectivity index (χ3v) is 3.93. The Labute approximate surface area is 146 Å². The van der Waals surface area contributed by atoms with E-state index in [1.807, 2.05) is 18.9 Å². The maximum absolute atomic E-state index is 12.9. The highest BCUT2D eigenvalue weighted by atomic mass is 16.2. The lowest BCUT2D eigenvalue weighted by atomic mass is 10.1. The zero-order valence-electron chi connectivity index (χ0n) is 15.5. The van der Waals surface area contributed by atoms with Gasteiger partial charge in [-0.2, -0.15) is 0 Å². The molecule has 0 aliphatic carbocycles. The molecule has 1 rings (SSSR count). The van der Waals surface area contributed by atoms with Crippen molar-refractivity contribution >= 4 is 5.91 Å². The largest absolute Gasteiger partial charge is 0.383 e. The summed E-state index contributed by atoms with van der Waals surface area (Å²) in [6.45, 7) is 9.12. The summed E-state index contributed by atoms with van der Waals surface area (Å²) in [4.78, 5) is 18.1.